The van der Waals surface area contributed by atoms with Crippen molar-refractivity contribution in [1.29, 1.82) is 0 Å². The van der Waals surface area contributed by atoms with Gasteiger partial charge in [0.2, 0.25) is 5.91 Å². The molecule has 1 amide bonds. The van der Waals surface area contributed by atoms with Gasteiger partial charge in [-0.05, 0) is 50.5 Å². The monoisotopic (exact) mass is 293 g/mol. The van der Waals surface area contributed by atoms with Gasteiger partial charge in [-0.2, -0.15) is 0 Å². The molecule has 0 spiro atoms. The fourth-order valence-corrected chi connectivity index (χ4v) is 2.45. The number of nitrogens with one attached hydrogen (secondary N) is 1. The first kappa shape index (κ1) is 17.7. The maximum atomic E-state index is 11.8. The predicted octanol–water partition coefficient (Wildman–Crippen LogP) is 3.05. The molecule has 21 heavy (non-hydrogen) atoms. The smallest absolute Gasteiger partial charge is 0.246 e. The summed E-state index contributed by atoms with van der Waals surface area (Å²) in [6, 6.07) is 0. The number of aliphatic hydroxyl groups is 1. The van der Waals surface area contributed by atoms with E-state index in [-0.39, 0.29) is 17.9 Å². The Bertz CT molecular complexity index is 368. The van der Waals surface area contributed by atoms with Crippen LogP contribution in [0.3, 0.4) is 0 Å². The fraction of sp³-hybridized carbons (Fsp3) is 0.588. The third-order valence-corrected chi connectivity index (χ3v) is 3.80. The number of carbonyl (C=O) groups is 1. The number of rotatable bonds is 9. The van der Waals surface area contributed by atoms with E-state index in [1.807, 2.05) is 12.2 Å². The summed E-state index contributed by atoms with van der Waals surface area (Å²) in [5.74, 6) is -0.0727. The molecule has 0 radical (unpaired) electrons. The van der Waals surface area contributed by atoms with Gasteiger partial charge in [-0.15, -0.1) is 0 Å². The van der Waals surface area contributed by atoms with E-state index in [1.165, 1.54) is 0 Å². The van der Waals surface area contributed by atoms with Gasteiger partial charge >= 0.3 is 0 Å². The van der Waals surface area contributed by atoms with Gasteiger partial charge in [-0.25, -0.2) is 5.48 Å². The van der Waals surface area contributed by atoms with E-state index in [9.17, 15) is 9.90 Å². The van der Waals surface area contributed by atoms with Crippen LogP contribution in [-0.4, -0.2) is 23.7 Å². The Morgan fingerprint density at radius 3 is 2.57 bits per heavy atom. The quantitative estimate of drug-likeness (QED) is 0.390. The Kier molecular flexibility index (Phi) is 8.71. The number of hydrogen-bond donors (Lipinski definition) is 2. The van der Waals surface area contributed by atoms with Gasteiger partial charge in [0, 0.05) is 5.92 Å². The molecule has 1 aliphatic rings. The van der Waals surface area contributed by atoms with Crippen LogP contribution >= 0.6 is 0 Å². The van der Waals surface area contributed by atoms with Crippen molar-refractivity contribution in [2.24, 2.45) is 5.92 Å². The molecule has 0 heterocycles. The summed E-state index contributed by atoms with van der Waals surface area (Å²) >= 11 is 0. The van der Waals surface area contributed by atoms with Crippen molar-refractivity contribution < 1.29 is 14.7 Å². The van der Waals surface area contributed by atoms with Crippen LogP contribution in [0.5, 0.6) is 0 Å². The maximum absolute atomic E-state index is 11.8. The second-order valence-electron chi connectivity index (χ2n) is 5.46. The largest absolute Gasteiger partial charge is 0.393 e. The van der Waals surface area contributed by atoms with E-state index >= 15 is 0 Å². The minimum Gasteiger partial charge on any atom is -0.393 e. The van der Waals surface area contributed by atoms with Gasteiger partial charge in [-0.1, -0.05) is 31.4 Å². The molecule has 1 rings (SSSR count). The van der Waals surface area contributed by atoms with Gasteiger partial charge < -0.3 is 5.11 Å². The first-order valence-electron chi connectivity index (χ1n) is 7.71. The van der Waals surface area contributed by atoms with E-state index in [1.54, 1.807) is 6.08 Å². The number of hydrogen-bond acceptors (Lipinski definition) is 3. The molecule has 4 nitrogen and oxygen atoms in total. The molecule has 2 N–H and O–H groups in total. The van der Waals surface area contributed by atoms with Crippen LogP contribution in [0.25, 0.3) is 0 Å². The Morgan fingerprint density at radius 2 is 1.95 bits per heavy atom. The maximum Gasteiger partial charge on any atom is 0.246 e. The molecule has 0 saturated heterocycles. The molecule has 0 bridgehead atoms. The normalized spacial score (nSPS) is 22.6. The van der Waals surface area contributed by atoms with Gasteiger partial charge in [0.25, 0.3) is 0 Å². The van der Waals surface area contributed by atoms with Crippen LogP contribution in [-0.2, 0) is 9.63 Å². The summed E-state index contributed by atoms with van der Waals surface area (Å²) in [7, 11) is 0. The lowest BCUT2D eigenvalue weighted by molar-refractivity contribution is -0.139. The number of hydroxylamine groups is 1. The zero-order valence-electron chi connectivity index (χ0n) is 12.7. The molecule has 0 aromatic heterocycles. The van der Waals surface area contributed by atoms with E-state index in [0.717, 1.165) is 37.7 Å². The molecule has 0 atom stereocenters. The number of allylic oxidation sites excluding steroid dienone is 4. The zero-order valence-corrected chi connectivity index (χ0v) is 12.7. The highest BCUT2D eigenvalue weighted by Gasteiger charge is 2.25. The molecule has 0 aromatic carbocycles. The number of carbonyl (C=O) groups excluding carboxylic acids is 1. The molecule has 1 aliphatic carbocycles. The first-order chi connectivity index (χ1) is 10.2. The third kappa shape index (κ3) is 7.25. The van der Waals surface area contributed by atoms with Crippen LogP contribution in [0.2, 0.25) is 0 Å². The molecule has 1 fully saturated rings. The summed E-state index contributed by atoms with van der Waals surface area (Å²) in [5, 5.41) is 9.40. The number of unbranched alkanes of at least 4 members (excludes halogenated alkanes) is 1. The minimum absolute atomic E-state index is 0.0173. The van der Waals surface area contributed by atoms with E-state index in [2.05, 4.69) is 18.6 Å². The Labute approximate surface area is 127 Å². The van der Waals surface area contributed by atoms with E-state index in [4.69, 9.17) is 4.84 Å². The van der Waals surface area contributed by atoms with Crippen LogP contribution in [0.1, 0.15) is 44.9 Å². The summed E-state index contributed by atoms with van der Waals surface area (Å²) in [6.07, 6.45) is 11.0. The van der Waals surface area contributed by atoms with Gasteiger partial charge in [-0.3, -0.25) is 9.63 Å². The van der Waals surface area contributed by atoms with Crippen molar-refractivity contribution in [1.82, 2.24) is 5.48 Å². The van der Waals surface area contributed by atoms with Gasteiger partial charge in [0.05, 0.1) is 12.7 Å². The zero-order chi connectivity index (χ0) is 15.5. The summed E-state index contributed by atoms with van der Waals surface area (Å²) < 4.78 is 0. The van der Waals surface area contributed by atoms with Crippen LogP contribution < -0.4 is 5.48 Å². The molecular weight excluding hydrogens is 266 g/mol. The van der Waals surface area contributed by atoms with Crippen molar-refractivity contribution in [3.63, 3.8) is 0 Å². The topological polar surface area (TPSA) is 58.6 Å². The molecule has 118 valence electrons. The van der Waals surface area contributed by atoms with Gasteiger partial charge in [0.15, 0.2) is 0 Å². The molecular formula is C17H27NO3. The van der Waals surface area contributed by atoms with Crippen molar-refractivity contribution >= 4 is 5.91 Å². The van der Waals surface area contributed by atoms with Crippen molar-refractivity contribution in [2.75, 3.05) is 6.61 Å². The van der Waals surface area contributed by atoms with E-state index in [0.29, 0.717) is 19.4 Å². The van der Waals surface area contributed by atoms with Crippen molar-refractivity contribution in [3.8, 4) is 0 Å². The molecule has 0 unspecified atom stereocenters. The van der Waals surface area contributed by atoms with Crippen molar-refractivity contribution in [3.05, 3.63) is 37.0 Å². The van der Waals surface area contributed by atoms with Crippen LogP contribution in [0, 0.1) is 5.92 Å². The molecule has 0 aliphatic heterocycles. The lowest BCUT2D eigenvalue weighted by atomic mass is 9.87. The Balaban J connectivity index is 2.06. The fourth-order valence-electron chi connectivity index (χ4n) is 2.45. The SMILES string of the molecule is C=C/C=C(\C=C)CCCCONC(=O)C1CCC(O)CC1. The number of amides is 1. The average molecular weight is 293 g/mol. The minimum atomic E-state index is -0.238. The van der Waals surface area contributed by atoms with Gasteiger partial charge in [0.1, 0.15) is 0 Å². The van der Waals surface area contributed by atoms with Crippen LogP contribution in [0.15, 0.2) is 37.0 Å². The number of aliphatic hydroxyl groups excluding tert-OH is 1. The molecule has 1 saturated carbocycles. The van der Waals surface area contributed by atoms with E-state index < -0.39 is 0 Å². The van der Waals surface area contributed by atoms with Crippen LogP contribution in [0.4, 0.5) is 0 Å². The lowest BCUT2D eigenvalue weighted by Gasteiger charge is -2.24. The summed E-state index contributed by atoms with van der Waals surface area (Å²) in [6.45, 7) is 7.93. The Morgan fingerprint density at radius 1 is 1.24 bits per heavy atom. The molecule has 4 heteroatoms. The Hall–Kier alpha value is -1.39. The molecule has 0 aromatic rings. The van der Waals surface area contributed by atoms with Crippen molar-refractivity contribution in [2.45, 2.75) is 51.0 Å². The second kappa shape index (κ2) is 10.4. The highest BCUT2D eigenvalue weighted by Crippen LogP contribution is 2.24. The summed E-state index contributed by atoms with van der Waals surface area (Å²) in [4.78, 5) is 17.0. The lowest BCUT2D eigenvalue weighted by Crippen LogP contribution is -2.34. The summed E-state index contributed by atoms with van der Waals surface area (Å²) in [5.41, 5.74) is 3.68. The average Bonchev–Trinajstić information content (AvgIpc) is 2.50. The third-order valence-electron chi connectivity index (χ3n) is 3.80. The highest BCUT2D eigenvalue weighted by molar-refractivity contribution is 5.77. The standard InChI is InChI=1S/C17H27NO3/c1-3-7-14(4-2)8-5-6-13-21-18-17(20)15-9-11-16(19)12-10-15/h3-4,7,15-16,19H,1-2,5-6,8-13H2,(H,18,20)/b14-7+. The highest BCUT2D eigenvalue weighted by atomic mass is 16.6. The second-order valence-corrected chi connectivity index (χ2v) is 5.46. The predicted molar refractivity (Wildman–Crippen MR) is 84.4 cm³/mol. The first-order valence-corrected chi connectivity index (χ1v) is 7.71.